The number of H-pyrrole nitrogens is 1. The molecule has 0 amide bonds. The van der Waals surface area contributed by atoms with E-state index in [0.717, 1.165) is 10.9 Å². The molecule has 1 heterocycles. The molecule has 3 rings (SSSR count). The van der Waals surface area contributed by atoms with E-state index in [-0.39, 0.29) is 5.69 Å². The van der Waals surface area contributed by atoms with Gasteiger partial charge in [0.05, 0.1) is 0 Å². The molecule has 3 heteroatoms. The van der Waals surface area contributed by atoms with Crippen LogP contribution in [0, 0.1) is 0 Å². The average molecular weight is 201 g/mol. The summed E-state index contributed by atoms with van der Waals surface area (Å²) in [6.45, 7) is 0. The van der Waals surface area contributed by atoms with Crippen molar-refractivity contribution in [1.82, 2.24) is 4.98 Å². The fourth-order valence-electron chi connectivity index (χ4n) is 1.93. The summed E-state index contributed by atoms with van der Waals surface area (Å²) >= 11 is 0. The number of hydrogen-bond acceptors (Lipinski definition) is 1. The molecular formula is C12H11NO2. The summed E-state index contributed by atoms with van der Waals surface area (Å²) in [4.78, 5) is 13.7. The number of carbonyl (C=O) groups is 1. The minimum absolute atomic E-state index is 0.262. The highest BCUT2D eigenvalue weighted by atomic mass is 16.4. The summed E-state index contributed by atoms with van der Waals surface area (Å²) in [5, 5.41) is 9.81. The second-order valence-electron chi connectivity index (χ2n) is 4.11. The summed E-state index contributed by atoms with van der Waals surface area (Å²) in [5.74, 6) is -0.204. The van der Waals surface area contributed by atoms with Crippen molar-refractivity contribution in [3.63, 3.8) is 0 Å². The fraction of sp³-hybridized carbons (Fsp3) is 0.250. The number of nitrogens with one attached hydrogen (secondary N) is 1. The lowest BCUT2D eigenvalue weighted by atomic mass is 10.1. The van der Waals surface area contributed by atoms with Gasteiger partial charge in [0.2, 0.25) is 0 Å². The number of aromatic amines is 1. The molecule has 3 nitrogen and oxygen atoms in total. The van der Waals surface area contributed by atoms with Gasteiger partial charge in [0.15, 0.2) is 0 Å². The Kier molecular flexibility index (Phi) is 1.63. The largest absolute Gasteiger partial charge is 0.477 e. The van der Waals surface area contributed by atoms with Gasteiger partial charge in [0, 0.05) is 10.9 Å². The third-order valence-corrected chi connectivity index (χ3v) is 2.93. The molecule has 1 aromatic carbocycles. The Balaban J connectivity index is 2.13. The number of hydrogen-bond donors (Lipinski definition) is 2. The maximum atomic E-state index is 10.8. The van der Waals surface area contributed by atoms with Crippen LogP contribution in [-0.4, -0.2) is 16.1 Å². The Morgan fingerprint density at radius 3 is 2.80 bits per heavy atom. The summed E-state index contributed by atoms with van der Waals surface area (Å²) in [6, 6.07) is 7.83. The van der Waals surface area contributed by atoms with E-state index in [9.17, 15) is 4.79 Å². The smallest absolute Gasteiger partial charge is 0.352 e. The van der Waals surface area contributed by atoms with Gasteiger partial charge in [-0.15, -0.1) is 0 Å². The van der Waals surface area contributed by atoms with Gasteiger partial charge in [0.25, 0.3) is 0 Å². The first-order valence-electron chi connectivity index (χ1n) is 5.10. The molecule has 0 spiro atoms. The molecule has 0 saturated heterocycles. The average Bonchev–Trinajstić information content (AvgIpc) is 2.96. The zero-order chi connectivity index (χ0) is 10.4. The van der Waals surface area contributed by atoms with E-state index < -0.39 is 5.97 Å². The molecule has 0 aliphatic heterocycles. The van der Waals surface area contributed by atoms with Crippen LogP contribution >= 0.6 is 0 Å². The fourth-order valence-corrected chi connectivity index (χ4v) is 1.93. The molecule has 1 saturated carbocycles. The Hall–Kier alpha value is -1.77. The van der Waals surface area contributed by atoms with E-state index in [1.807, 2.05) is 6.07 Å². The lowest BCUT2D eigenvalue weighted by molar-refractivity contribution is 0.0691. The molecule has 15 heavy (non-hydrogen) atoms. The molecule has 0 atom stereocenters. The van der Waals surface area contributed by atoms with Gasteiger partial charge in [-0.1, -0.05) is 12.1 Å². The molecular weight excluding hydrogens is 190 g/mol. The molecule has 0 bridgehead atoms. The second kappa shape index (κ2) is 2.86. The Morgan fingerprint density at radius 2 is 2.13 bits per heavy atom. The van der Waals surface area contributed by atoms with Crippen molar-refractivity contribution < 1.29 is 9.90 Å². The molecule has 1 fully saturated rings. The van der Waals surface area contributed by atoms with Gasteiger partial charge in [-0.3, -0.25) is 0 Å². The first-order valence-corrected chi connectivity index (χ1v) is 5.10. The number of carboxylic acids is 1. The number of carboxylic acid groups (broad SMARTS) is 1. The quantitative estimate of drug-likeness (QED) is 0.784. The molecule has 0 radical (unpaired) electrons. The van der Waals surface area contributed by atoms with E-state index >= 15 is 0 Å². The maximum Gasteiger partial charge on any atom is 0.352 e. The van der Waals surface area contributed by atoms with Crippen LogP contribution < -0.4 is 0 Å². The summed E-state index contributed by atoms with van der Waals surface area (Å²) in [7, 11) is 0. The lowest BCUT2D eigenvalue weighted by Gasteiger charge is -1.96. The van der Waals surface area contributed by atoms with Crippen molar-refractivity contribution in [2.24, 2.45) is 0 Å². The Bertz CT molecular complexity index is 538. The van der Waals surface area contributed by atoms with Gasteiger partial charge < -0.3 is 10.1 Å². The van der Waals surface area contributed by atoms with Crippen LogP contribution in [-0.2, 0) is 0 Å². The summed E-state index contributed by atoms with van der Waals surface area (Å²) in [6.07, 6.45) is 2.52. The van der Waals surface area contributed by atoms with E-state index in [1.54, 1.807) is 6.07 Å². The maximum absolute atomic E-state index is 10.8. The molecule has 1 aromatic heterocycles. The van der Waals surface area contributed by atoms with Crippen LogP contribution in [0.3, 0.4) is 0 Å². The van der Waals surface area contributed by atoms with Crippen molar-refractivity contribution in [3.8, 4) is 0 Å². The standard InChI is InChI=1S/C12H11NO2/c14-12(15)11-6-9-4-3-8(7-1-2-7)5-10(9)13-11/h3-7,13H,1-2H2,(H,14,15). The first-order chi connectivity index (χ1) is 7.24. The zero-order valence-electron chi connectivity index (χ0n) is 8.16. The predicted octanol–water partition coefficient (Wildman–Crippen LogP) is 2.74. The molecule has 2 aromatic rings. The highest BCUT2D eigenvalue weighted by Crippen LogP contribution is 2.40. The summed E-state index contributed by atoms with van der Waals surface area (Å²) in [5.41, 5.74) is 2.51. The predicted molar refractivity (Wildman–Crippen MR) is 57.2 cm³/mol. The van der Waals surface area contributed by atoms with Crippen LogP contribution in [0.25, 0.3) is 10.9 Å². The van der Waals surface area contributed by atoms with Gasteiger partial charge in [0.1, 0.15) is 5.69 Å². The molecule has 0 unspecified atom stereocenters. The van der Waals surface area contributed by atoms with Crippen LogP contribution in [0.15, 0.2) is 24.3 Å². The van der Waals surface area contributed by atoms with Crippen LogP contribution in [0.5, 0.6) is 0 Å². The third-order valence-electron chi connectivity index (χ3n) is 2.93. The Morgan fingerprint density at radius 1 is 1.33 bits per heavy atom. The van der Waals surface area contributed by atoms with Gasteiger partial charge in [-0.2, -0.15) is 0 Å². The van der Waals surface area contributed by atoms with Crippen molar-refractivity contribution in [1.29, 1.82) is 0 Å². The van der Waals surface area contributed by atoms with Crippen molar-refractivity contribution in [3.05, 3.63) is 35.5 Å². The summed E-state index contributed by atoms with van der Waals surface area (Å²) < 4.78 is 0. The second-order valence-corrected chi connectivity index (χ2v) is 4.11. The third kappa shape index (κ3) is 1.40. The normalized spacial score (nSPS) is 15.7. The van der Waals surface area contributed by atoms with E-state index in [1.165, 1.54) is 18.4 Å². The lowest BCUT2D eigenvalue weighted by Crippen LogP contribution is -1.94. The molecule has 76 valence electrons. The van der Waals surface area contributed by atoms with Crippen molar-refractivity contribution in [2.75, 3.05) is 0 Å². The molecule has 1 aliphatic carbocycles. The molecule has 2 N–H and O–H groups in total. The number of benzene rings is 1. The van der Waals surface area contributed by atoms with Crippen LogP contribution in [0.1, 0.15) is 34.8 Å². The molecule has 1 aliphatic rings. The van der Waals surface area contributed by atoms with Gasteiger partial charge in [-0.25, -0.2) is 4.79 Å². The SMILES string of the molecule is O=C(O)c1cc2ccc(C3CC3)cc2[nH]1. The Labute approximate surface area is 86.7 Å². The minimum atomic E-state index is -0.904. The number of fused-ring (bicyclic) bond motifs is 1. The highest BCUT2D eigenvalue weighted by Gasteiger charge is 2.23. The monoisotopic (exact) mass is 201 g/mol. The van der Waals surface area contributed by atoms with E-state index in [0.29, 0.717) is 5.92 Å². The number of aromatic carboxylic acids is 1. The van der Waals surface area contributed by atoms with Gasteiger partial charge >= 0.3 is 5.97 Å². The van der Waals surface area contributed by atoms with Crippen LogP contribution in [0.4, 0.5) is 0 Å². The van der Waals surface area contributed by atoms with Crippen molar-refractivity contribution in [2.45, 2.75) is 18.8 Å². The van der Waals surface area contributed by atoms with Gasteiger partial charge in [-0.05, 0) is 36.5 Å². The van der Waals surface area contributed by atoms with Crippen molar-refractivity contribution >= 4 is 16.9 Å². The van der Waals surface area contributed by atoms with E-state index in [4.69, 9.17) is 5.11 Å². The highest BCUT2D eigenvalue weighted by molar-refractivity contribution is 5.93. The zero-order valence-corrected chi connectivity index (χ0v) is 8.16. The van der Waals surface area contributed by atoms with E-state index in [2.05, 4.69) is 17.1 Å². The topological polar surface area (TPSA) is 53.1 Å². The number of aromatic nitrogens is 1. The minimum Gasteiger partial charge on any atom is -0.477 e. The first kappa shape index (κ1) is 8.53. The number of rotatable bonds is 2. The van der Waals surface area contributed by atoms with Crippen LogP contribution in [0.2, 0.25) is 0 Å².